The van der Waals surface area contributed by atoms with Gasteiger partial charge in [-0.1, -0.05) is 15.9 Å². The SMILES string of the molecule is O=C1NCc2c1cc(Br)cc2[N+](=O)[O-]. The molecule has 0 fully saturated rings. The summed E-state index contributed by atoms with van der Waals surface area (Å²) in [5.74, 6) is -0.260. The summed E-state index contributed by atoms with van der Waals surface area (Å²) in [6, 6.07) is 2.99. The maximum Gasteiger partial charge on any atom is 0.276 e. The van der Waals surface area contributed by atoms with Crippen LogP contribution in [0.1, 0.15) is 15.9 Å². The largest absolute Gasteiger partial charge is 0.348 e. The summed E-state index contributed by atoms with van der Waals surface area (Å²) >= 11 is 3.13. The number of nitrogens with one attached hydrogen (secondary N) is 1. The molecule has 1 aromatic carbocycles. The van der Waals surface area contributed by atoms with Crippen molar-refractivity contribution >= 4 is 27.5 Å². The molecule has 72 valence electrons. The third-order valence-electron chi connectivity index (χ3n) is 2.06. The molecule has 1 aromatic rings. The molecule has 0 saturated carbocycles. The third kappa shape index (κ3) is 1.27. The van der Waals surface area contributed by atoms with Crippen LogP contribution in [0, 0.1) is 10.1 Å². The molecule has 6 heteroatoms. The van der Waals surface area contributed by atoms with Crippen LogP contribution in [0.15, 0.2) is 16.6 Å². The zero-order valence-corrected chi connectivity index (χ0v) is 8.50. The average molecular weight is 257 g/mol. The van der Waals surface area contributed by atoms with Gasteiger partial charge in [-0.05, 0) is 6.07 Å². The Bertz CT molecular complexity index is 444. The molecular formula is C8H5BrN2O3. The molecule has 0 spiro atoms. The number of carbonyl (C=O) groups is 1. The van der Waals surface area contributed by atoms with Gasteiger partial charge in [0, 0.05) is 10.5 Å². The van der Waals surface area contributed by atoms with Gasteiger partial charge in [-0.15, -0.1) is 0 Å². The van der Waals surface area contributed by atoms with Gasteiger partial charge >= 0.3 is 0 Å². The standard InChI is InChI=1S/C8H5BrN2O3/c9-4-1-5-6(3-10-8(5)12)7(2-4)11(13)14/h1-2H,3H2,(H,10,12). The maximum absolute atomic E-state index is 11.2. The minimum atomic E-state index is -0.482. The van der Waals surface area contributed by atoms with Crippen molar-refractivity contribution in [3.63, 3.8) is 0 Å². The van der Waals surface area contributed by atoms with Crippen LogP contribution in [0.4, 0.5) is 5.69 Å². The minimum absolute atomic E-state index is 0.0206. The molecule has 1 aliphatic rings. The summed E-state index contributed by atoms with van der Waals surface area (Å²) < 4.78 is 0.542. The number of benzene rings is 1. The number of hydrogen-bond acceptors (Lipinski definition) is 3. The zero-order chi connectivity index (χ0) is 10.3. The fraction of sp³-hybridized carbons (Fsp3) is 0.125. The van der Waals surface area contributed by atoms with Crippen LogP contribution in [0.25, 0.3) is 0 Å². The summed E-state index contributed by atoms with van der Waals surface area (Å²) in [7, 11) is 0. The number of carbonyl (C=O) groups excluding carboxylic acids is 1. The van der Waals surface area contributed by atoms with Crippen molar-refractivity contribution in [3.05, 3.63) is 37.8 Å². The molecule has 1 aliphatic heterocycles. The summed E-state index contributed by atoms with van der Waals surface area (Å²) in [4.78, 5) is 21.4. The maximum atomic E-state index is 11.2. The molecule has 0 unspecified atom stereocenters. The van der Waals surface area contributed by atoms with Gasteiger partial charge < -0.3 is 5.32 Å². The van der Waals surface area contributed by atoms with Crippen LogP contribution < -0.4 is 5.32 Å². The molecule has 14 heavy (non-hydrogen) atoms. The first kappa shape index (κ1) is 9.14. The minimum Gasteiger partial charge on any atom is -0.348 e. The van der Waals surface area contributed by atoms with E-state index in [0.29, 0.717) is 15.6 Å². The molecule has 5 nitrogen and oxygen atoms in total. The Balaban J connectivity index is 2.69. The van der Waals surface area contributed by atoms with Crippen molar-refractivity contribution in [2.75, 3.05) is 0 Å². The fourth-order valence-corrected chi connectivity index (χ4v) is 1.88. The van der Waals surface area contributed by atoms with Gasteiger partial charge in [-0.3, -0.25) is 14.9 Å². The molecule has 0 aromatic heterocycles. The molecule has 1 heterocycles. The predicted molar refractivity (Wildman–Crippen MR) is 52.0 cm³/mol. The van der Waals surface area contributed by atoms with Gasteiger partial charge in [0.25, 0.3) is 11.6 Å². The van der Waals surface area contributed by atoms with E-state index in [0.717, 1.165) is 0 Å². The quantitative estimate of drug-likeness (QED) is 0.613. The van der Waals surface area contributed by atoms with Crippen molar-refractivity contribution in [1.82, 2.24) is 5.32 Å². The molecule has 1 N–H and O–H groups in total. The number of fused-ring (bicyclic) bond motifs is 1. The molecule has 2 rings (SSSR count). The highest BCUT2D eigenvalue weighted by molar-refractivity contribution is 9.10. The Morgan fingerprint density at radius 2 is 2.21 bits per heavy atom. The number of rotatable bonds is 1. The summed E-state index contributed by atoms with van der Waals surface area (Å²) in [6.45, 7) is 0.234. The average Bonchev–Trinajstić information content (AvgIpc) is 2.47. The number of hydrogen-bond donors (Lipinski definition) is 1. The van der Waals surface area contributed by atoms with Crippen LogP contribution >= 0.6 is 15.9 Å². The third-order valence-corrected chi connectivity index (χ3v) is 2.52. The van der Waals surface area contributed by atoms with E-state index in [2.05, 4.69) is 21.2 Å². The van der Waals surface area contributed by atoms with Crippen molar-refractivity contribution in [2.45, 2.75) is 6.54 Å². The summed E-state index contributed by atoms with van der Waals surface area (Å²) in [6.07, 6.45) is 0. The topological polar surface area (TPSA) is 72.2 Å². The normalized spacial score (nSPS) is 13.6. The molecular weight excluding hydrogens is 252 g/mol. The lowest BCUT2D eigenvalue weighted by Gasteiger charge is -1.98. The van der Waals surface area contributed by atoms with E-state index in [1.54, 1.807) is 6.07 Å². The Hall–Kier alpha value is -1.43. The van der Waals surface area contributed by atoms with Crippen molar-refractivity contribution in [2.24, 2.45) is 0 Å². The predicted octanol–water partition coefficient (Wildman–Crippen LogP) is 1.60. The number of nitro benzene ring substituents is 1. The van der Waals surface area contributed by atoms with Crippen LogP contribution in [-0.4, -0.2) is 10.8 Å². The van der Waals surface area contributed by atoms with E-state index in [9.17, 15) is 14.9 Å². The first-order valence-electron chi connectivity index (χ1n) is 3.84. The summed E-state index contributed by atoms with van der Waals surface area (Å²) in [5, 5.41) is 13.2. The van der Waals surface area contributed by atoms with Crippen molar-refractivity contribution in [3.8, 4) is 0 Å². The van der Waals surface area contributed by atoms with Crippen molar-refractivity contribution in [1.29, 1.82) is 0 Å². The van der Waals surface area contributed by atoms with Crippen LogP contribution in [-0.2, 0) is 6.54 Å². The Morgan fingerprint density at radius 1 is 1.50 bits per heavy atom. The first-order chi connectivity index (χ1) is 6.59. The Kier molecular flexibility index (Phi) is 1.99. The van der Waals surface area contributed by atoms with Gasteiger partial charge in [0.15, 0.2) is 0 Å². The molecule has 0 radical (unpaired) electrons. The molecule has 0 saturated heterocycles. The van der Waals surface area contributed by atoms with Gasteiger partial charge in [0.05, 0.1) is 22.6 Å². The fourth-order valence-electron chi connectivity index (χ4n) is 1.44. The lowest BCUT2D eigenvalue weighted by Crippen LogP contribution is -2.12. The van der Waals surface area contributed by atoms with E-state index in [1.165, 1.54) is 6.07 Å². The lowest BCUT2D eigenvalue weighted by molar-refractivity contribution is -0.385. The van der Waals surface area contributed by atoms with Crippen LogP contribution in [0.3, 0.4) is 0 Å². The van der Waals surface area contributed by atoms with Crippen molar-refractivity contribution < 1.29 is 9.72 Å². The van der Waals surface area contributed by atoms with Gasteiger partial charge in [-0.2, -0.15) is 0 Å². The highest BCUT2D eigenvalue weighted by Gasteiger charge is 2.27. The molecule has 1 amide bonds. The lowest BCUT2D eigenvalue weighted by atomic mass is 10.1. The van der Waals surface area contributed by atoms with E-state index in [1.807, 2.05) is 0 Å². The van der Waals surface area contributed by atoms with E-state index >= 15 is 0 Å². The van der Waals surface area contributed by atoms with Gasteiger partial charge in [0.2, 0.25) is 0 Å². The monoisotopic (exact) mass is 256 g/mol. The molecule has 0 aliphatic carbocycles. The van der Waals surface area contributed by atoms with Gasteiger partial charge in [0.1, 0.15) is 0 Å². The Morgan fingerprint density at radius 3 is 2.86 bits per heavy atom. The second-order valence-corrected chi connectivity index (χ2v) is 3.81. The second-order valence-electron chi connectivity index (χ2n) is 2.89. The zero-order valence-electron chi connectivity index (χ0n) is 6.91. The van der Waals surface area contributed by atoms with Gasteiger partial charge in [-0.25, -0.2) is 0 Å². The highest BCUT2D eigenvalue weighted by Crippen LogP contribution is 2.30. The number of halogens is 1. The number of nitrogens with zero attached hydrogens (tertiary/aromatic N) is 1. The summed E-state index contributed by atoms with van der Waals surface area (Å²) in [5.41, 5.74) is 0.821. The van der Waals surface area contributed by atoms with E-state index < -0.39 is 4.92 Å². The second kappa shape index (κ2) is 3.06. The highest BCUT2D eigenvalue weighted by atomic mass is 79.9. The number of amides is 1. The van der Waals surface area contributed by atoms with Crippen LogP contribution in [0.5, 0.6) is 0 Å². The van der Waals surface area contributed by atoms with E-state index in [-0.39, 0.29) is 18.1 Å². The number of nitro groups is 1. The Labute approximate surface area is 87.4 Å². The molecule has 0 bridgehead atoms. The smallest absolute Gasteiger partial charge is 0.276 e. The first-order valence-corrected chi connectivity index (χ1v) is 4.64. The van der Waals surface area contributed by atoms with E-state index in [4.69, 9.17) is 0 Å². The van der Waals surface area contributed by atoms with Crippen LogP contribution in [0.2, 0.25) is 0 Å². The molecule has 0 atom stereocenters.